The number of urea groups is 1. The molecule has 2 amide bonds. The van der Waals surface area contributed by atoms with Crippen LogP contribution in [-0.2, 0) is 0 Å². The smallest absolute Gasteiger partial charge is 0.323 e. The summed E-state index contributed by atoms with van der Waals surface area (Å²) in [5, 5.41) is 64.5. The van der Waals surface area contributed by atoms with Crippen LogP contribution in [0.15, 0.2) is 93.3 Å². The molecule has 4 N–H and O–H groups in total. The number of hydrogen-bond donors (Lipinski definition) is 4. The van der Waals surface area contributed by atoms with Crippen molar-refractivity contribution < 1.29 is 15.0 Å². The molecule has 0 saturated carbocycles. The first kappa shape index (κ1) is 37.9. The van der Waals surface area contributed by atoms with Crippen molar-refractivity contribution in [3.8, 4) is 23.9 Å². The van der Waals surface area contributed by atoms with Gasteiger partial charge in [-0.15, -0.1) is 20.5 Å². The molecule has 4 aromatic carbocycles. The standard InChI is InChI=1S/C39H22Cl4N12O3/c1-17-19(15-44)35-46-25-7-3-5-9-31(25)54(35)37(56)33(17)52-50-29-13-21(40)27(11-23(29)42)48-39(58)49-28-12-24(43)30(14-22(28)41)51-53-34-18(2)20(16-45)36-47-26-8-4-6-10-32(26)55(36)38(34)57/h3-14,56-57H,1-2H3,(H2,48,49,58). The van der Waals surface area contributed by atoms with Crippen LogP contribution in [0.3, 0.4) is 0 Å². The predicted molar refractivity (Wildman–Crippen MR) is 222 cm³/mol. The third kappa shape index (κ3) is 6.38. The van der Waals surface area contributed by atoms with Crippen LogP contribution in [0.1, 0.15) is 22.3 Å². The second kappa shape index (κ2) is 14.8. The van der Waals surface area contributed by atoms with Crippen LogP contribution >= 0.6 is 46.4 Å². The second-order valence-corrected chi connectivity index (χ2v) is 14.3. The van der Waals surface area contributed by atoms with Crippen molar-refractivity contribution in [1.82, 2.24) is 18.8 Å². The SMILES string of the molecule is Cc1c(N=Nc2cc(Cl)c(NC(=O)Nc3cc(Cl)c(N=Nc4c(C)c(C#N)c5nc6ccccc6n5c4O)cc3Cl)cc2Cl)c(O)n2c(nc3ccccc32)c1C#N. The summed E-state index contributed by atoms with van der Waals surface area (Å²) in [6.07, 6.45) is 0. The molecule has 284 valence electrons. The molecule has 0 radical (unpaired) electrons. The predicted octanol–water partition coefficient (Wildman–Crippen LogP) is 12.1. The van der Waals surface area contributed by atoms with E-state index in [4.69, 9.17) is 46.4 Å². The van der Waals surface area contributed by atoms with E-state index in [0.717, 1.165) is 0 Å². The number of aromatic nitrogens is 4. The number of para-hydroxylation sites is 4. The zero-order valence-electron chi connectivity index (χ0n) is 29.7. The maximum absolute atomic E-state index is 13.1. The minimum atomic E-state index is -0.754. The molecular formula is C39H22Cl4N12O3. The summed E-state index contributed by atoms with van der Waals surface area (Å²) in [4.78, 5) is 22.1. The number of aromatic hydroxyl groups is 2. The molecule has 0 bridgehead atoms. The van der Waals surface area contributed by atoms with Gasteiger partial charge in [0.2, 0.25) is 11.8 Å². The molecule has 0 aliphatic rings. The average molecular weight is 848 g/mol. The molecule has 0 saturated heterocycles. The van der Waals surface area contributed by atoms with E-state index in [1.165, 1.54) is 33.1 Å². The Labute approximate surface area is 346 Å². The van der Waals surface area contributed by atoms with Crippen LogP contribution < -0.4 is 10.6 Å². The lowest BCUT2D eigenvalue weighted by Gasteiger charge is -2.12. The highest BCUT2D eigenvalue weighted by molar-refractivity contribution is 6.38. The Morgan fingerprint density at radius 2 is 1.03 bits per heavy atom. The number of carbonyl (C=O) groups excluding carboxylic acids is 1. The number of azo groups is 2. The molecule has 0 spiro atoms. The highest BCUT2D eigenvalue weighted by atomic mass is 35.5. The Hall–Kier alpha value is -7.01. The normalized spacial score (nSPS) is 11.7. The summed E-state index contributed by atoms with van der Waals surface area (Å²) in [6.45, 7) is 3.24. The van der Waals surface area contributed by atoms with Gasteiger partial charge in [0.1, 0.15) is 34.6 Å². The summed E-state index contributed by atoms with van der Waals surface area (Å²) < 4.78 is 2.85. The molecule has 15 nitrogen and oxygen atoms in total. The second-order valence-electron chi connectivity index (χ2n) is 12.6. The fourth-order valence-corrected chi connectivity index (χ4v) is 7.16. The molecule has 0 fully saturated rings. The van der Waals surface area contributed by atoms with Crippen molar-refractivity contribution in [3.63, 3.8) is 0 Å². The van der Waals surface area contributed by atoms with Gasteiger partial charge in [-0.05, 0) is 62.4 Å². The van der Waals surface area contributed by atoms with Crippen molar-refractivity contribution in [2.24, 2.45) is 20.5 Å². The third-order valence-corrected chi connectivity index (χ3v) is 10.4. The largest absolute Gasteiger partial charge is 0.493 e. The van der Waals surface area contributed by atoms with Gasteiger partial charge in [0, 0.05) is 11.1 Å². The number of anilines is 2. The van der Waals surface area contributed by atoms with Crippen molar-refractivity contribution in [2.75, 3.05) is 10.6 Å². The number of pyridine rings is 2. The van der Waals surface area contributed by atoms with Crippen LogP contribution in [0.2, 0.25) is 20.1 Å². The minimum absolute atomic E-state index is 0.0233. The molecule has 0 unspecified atom stereocenters. The summed E-state index contributed by atoms with van der Waals surface area (Å²) in [7, 11) is 0. The average Bonchev–Trinajstić information content (AvgIpc) is 3.78. The number of nitrogens with one attached hydrogen (secondary N) is 2. The molecule has 4 aromatic heterocycles. The Bertz CT molecular complexity index is 3020. The van der Waals surface area contributed by atoms with E-state index in [-0.39, 0.29) is 88.4 Å². The molecule has 0 aliphatic carbocycles. The topological polar surface area (TPSA) is 213 Å². The van der Waals surface area contributed by atoms with E-state index in [1.54, 1.807) is 62.4 Å². The number of nitriles is 2. The van der Waals surface area contributed by atoms with Gasteiger partial charge in [0.15, 0.2) is 22.7 Å². The highest BCUT2D eigenvalue weighted by Crippen LogP contribution is 2.42. The van der Waals surface area contributed by atoms with Gasteiger partial charge in [-0.3, -0.25) is 8.80 Å². The van der Waals surface area contributed by atoms with Gasteiger partial charge in [0.05, 0.1) is 53.5 Å². The molecule has 19 heteroatoms. The van der Waals surface area contributed by atoms with Crippen LogP contribution in [0.25, 0.3) is 33.4 Å². The number of carbonyl (C=O) groups is 1. The van der Waals surface area contributed by atoms with Gasteiger partial charge in [-0.1, -0.05) is 70.7 Å². The van der Waals surface area contributed by atoms with E-state index < -0.39 is 6.03 Å². The zero-order chi connectivity index (χ0) is 41.0. The number of benzene rings is 4. The molecule has 0 atom stereocenters. The highest BCUT2D eigenvalue weighted by Gasteiger charge is 2.23. The fourth-order valence-electron chi connectivity index (χ4n) is 6.34. The van der Waals surface area contributed by atoms with Gasteiger partial charge in [-0.2, -0.15) is 10.5 Å². The van der Waals surface area contributed by atoms with Gasteiger partial charge in [0.25, 0.3) is 0 Å². The van der Waals surface area contributed by atoms with Crippen molar-refractivity contribution in [2.45, 2.75) is 13.8 Å². The van der Waals surface area contributed by atoms with Crippen LogP contribution in [0, 0.1) is 36.5 Å². The summed E-state index contributed by atoms with van der Waals surface area (Å²) in [6, 6.07) is 23.1. The molecular weight excluding hydrogens is 826 g/mol. The van der Waals surface area contributed by atoms with E-state index in [2.05, 4.69) is 53.2 Å². The number of fused-ring (bicyclic) bond motifs is 6. The maximum Gasteiger partial charge on any atom is 0.323 e. The number of amides is 2. The number of imidazole rings is 2. The van der Waals surface area contributed by atoms with Crippen molar-refractivity contribution in [1.29, 1.82) is 10.5 Å². The van der Waals surface area contributed by atoms with Crippen LogP contribution in [0.5, 0.6) is 11.8 Å². The van der Waals surface area contributed by atoms with E-state index in [1.807, 2.05) is 0 Å². The first-order valence-corrected chi connectivity index (χ1v) is 18.4. The van der Waals surface area contributed by atoms with Crippen LogP contribution in [0.4, 0.5) is 38.9 Å². The minimum Gasteiger partial charge on any atom is -0.493 e. The van der Waals surface area contributed by atoms with Crippen LogP contribution in [-0.4, -0.2) is 35.0 Å². The fraction of sp³-hybridized carbons (Fsp3) is 0.0513. The van der Waals surface area contributed by atoms with E-state index >= 15 is 0 Å². The Kier molecular flexibility index (Phi) is 9.68. The molecule has 8 aromatic rings. The number of hydrogen-bond acceptors (Lipinski definition) is 11. The molecule has 0 aliphatic heterocycles. The first-order chi connectivity index (χ1) is 27.9. The van der Waals surface area contributed by atoms with Gasteiger partial charge in [-0.25, -0.2) is 14.8 Å². The quantitative estimate of drug-likeness (QED) is 0.119. The lowest BCUT2D eigenvalue weighted by molar-refractivity contribution is 0.262. The lowest BCUT2D eigenvalue weighted by atomic mass is 10.1. The number of halogens is 4. The Morgan fingerprint density at radius 1 is 0.638 bits per heavy atom. The first-order valence-electron chi connectivity index (χ1n) is 16.8. The molecule has 8 rings (SSSR count). The third-order valence-electron chi connectivity index (χ3n) is 9.18. The van der Waals surface area contributed by atoms with Crippen molar-refractivity contribution in [3.05, 3.63) is 115 Å². The Morgan fingerprint density at radius 3 is 1.43 bits per heavy atom. The summed E-state index contributed by atoms with van der Waals surface area (Å²) >= 11 is 26.1. The zero-order valence-corrected chi connectivity index (χ0v) is 32.7. The summed E-state index contributed by atoms with van der Waals surface area (Å²) in [5.41, 5.74) is 4.47. The van der Waals surface area contributed by atoms with E-state index in [9.17, 15) is 25.5 Å². The molecule has 58 heavy (non-hydrogen) atoms. The maximum atomic E-state index is 13.1. The van der Waals surface area contributed by atoms with E-state index in [0.29, 0.717) is 33.2 Å². The molecule has 4 heterocycles. The van der Waals surface area contributed by atoms with Gasteiger partial charge < -0.3 is 20.8 Å². The van der Waals surface area contributed by atoms with Gasteiger partial charge >= 0.3 is 6.03 Å². The number of rotatable bonds is 6. The van der Waals surface area contributed by atoms with Crippen molar-refractivity contribution >= 4 is 120 Å². The Balaban J connectivity index is 1.01. The lowest BCUT2D eigenvalue weighted by Crippen LogP contribution is -2.19. The summed E-state index contributed by atoms with van der Waals surface area (Å²) in [5.74, 6) is -0.554. The number of nitrogens with zero attached hydrogens (tertiary/aromatic N) is 10. The monoisotopic (exact) mass is 846 g/mol.